The second-order valence-corrected chi connectivity index (χ2v) is 7.12. The Balaban J connectivity index is 1.67. The maximum Gasteiger partial charge on any atom is 0.243 e. The SMILES string of the molecule is O=Cc1cc2ccccc2nc1N/N=C1\SCC(=O)N1c1ccc(Cl)cc1. The molecule has 1 fully saturated rings. The lowest BCUT2D eigenvalue weighted by molar-refractivity contribution is -0.115. The van der Waals surface area contributed by atoms with Gasteiger partial charge in [0.25, 0.3) is 0 Å². The van der Waals surface area contributed by atoms with E-state index in [0.717, 1.165) is 17.2 Å². The van der Waals surface area contributed by atoms with E-state index >= 15 is 0 Å². The van der Waals surface area contributed by atoms with Crippen molar-refractivity contribution in [2.24, 2.45) is 5.10 Å². The number of thioether (sulfide) groups is 1. The van der Waals surface area contributed by atoms with Gasteiger partial charge in [-0.2, -0.15) is 0 Å². The van der Waals surface area contributed by atoms with Crippen LogP contribution in [0.25, 0.3) is 10.9 Å². The number of carbonyl (C=O) groups excluding carboxylic acids is 2. The van der Waals surface area contributed by atoms with E-state index in [1.807, 2.05) is 24.3 Å². The molecule has 0 spiro atoms. The van der Waals surface area contributed by atoms with Crippen LogP contribution >= 0.6 is 23.4 Å². The Morgan fingerprint density at radius 1 is 1.19 bits per heavy atom. The van der Waals surface area contributed by atoms with Crippen molar-refractivity contribution in [1.29, 1.82) is 0 Å². The van der Waals surface area contributed by atoms with Crippen LogP contribution < -0.4 is 10.3 Å². The van der Waals surface area contributed by atoms with Gasteiger partial charge < -0.3 is 0 Å². The highest BCUT2D eigenvalue weighted by atomic mass is 35.5. The Kier molecular flexibility index (Phi) is 4.79. The van der Waals surface area contributed by atoms with Crippen LogP contribution in [0.1, 0.15) is 10.4 Å². The second kappa shape index (κ2) is 7.38. The number of amidine groups is 1. The zero-order valence-corrected chi connectivity index (χ0v) is 15.5. The number of aldehydes is 1. The van der Waals surface area contributed by atoms with Gasteiger partial charge in [-0.25, -0.2) is 4.98 Å². The van der Waals surface area contributed by atoms with E-state index < -0.39 is 0 Å². The van der Waals surface area contributed by atoms with Crippen molar-refractivity contribution in [3.63, 3.8) is 0 Å². The minimum atomic E-state index is -0.0787. The van der Waals surface area contributed by atoms with Crippen molar-refractivity contribution in [1.82, 2.24) is 4.98 Å². The van der Waals surface area contributed by atoms with Crippen LogP contribution in [0.15, 0.2) is 59.7 Å². The molecule has 1 amide bonds. The molecule has 1 N–H and O–H groups in total. The summed E-state index contributed by atoms with van der Waals surface area (Å²) in [7, 11) is 0. The number of hydrogen-bond donors (Lipinski definition) is 1. The molecule has 6 nitrogen and oxygen atoms in total. The smallest absolute Gasteiger partial charge is 0.243 e. The Bertz CT molecular complexity index is 1070. The van der Waals surface area contributed by atoms with Crippen molar-refractivity contribution in [2.45, 2.75) is 0 Å². The molecule has 1 saturated heterocycles. The molecule has 1 aliphatic heterocycles. The molecule has 0 saturated carbocycles. The molecule has 3 aromatic rings. The summed E-state index contributed by atoms with van der Waals surface area (Å²) in [6, 6.07) is 16.2. The number of hydrogen-bond acceptors (Lipinski definition) is 6. The number of nitrogens with one attached hydrogen (secondary N) is 1. The lowest BCUT2D eigenvalue weighted by atomic mass is 10.1. The van der Waals surface area contributed by atoms with Crippen LogP contribution in [0.5, 0.6) is 0 Å². The second-order valence-electron chi connectivity index (χ2n) is 5.74. The molecule has 8 heteroatoms. The van der Waals surface area contributed by atoms with Gasteiger partial charge in [0.05, 0.1) is 22.5 Å². The summed E-state index contributed by atoms with van der Waals surface area (Å²) in [6.07, 6.45) is 0.728. The van der Waals surface area contributed by atoms with E-state index in [0.29, 0.717) is 27.3 Å². The number of carbonyl (C=O) groups is 2. The Morgan fingerprint density at radius 3 is 2.74 bits per heavy atom. The van der Waals surface area contributed by atoms with E-state index in [4.69, 9.17) is 11.6 Å². The molecule has 0 radical (unpaired) electrons. The summed E-state index contributed by atoms with van der Waals surface area (Å²) in [5.41, 5.74) is 4.65. The van der Waals surface area contributed by atoms with Crippen molar-refractivity contribution in [3.8, 4) is 0 Å². The summed E-state index contributed by atoms with van der Waals surface area (Å²) >= 11 is 7.23. The number of rotatable bonds is 4. The molecule has 134 valence electrons. The monoisotopic (exact) mass is 396 g/mol. The van der Waals surface area contributed by atoms with Crippen molar-refractivity contribution in [2.75, 3.05) is 16.1 Å². The number of amides is 1. The average molecular weight is 397 g/mol. The fourth-order valence-corrected chi connectivity index (χ4v) is 3.66. The van der Waals surface area contributed by atoms with E-state index in [1.165, 1.54) is 16.7 Å². The largest absolute Gasteiger partial charge is 0.298 e. The van der Waals surface area contributed by atoms with Gasteiger partial charge in [0.2, 0.25) is 5.91 Å². The van der Waals surface area contributed by atoms with Gasteiger partial charge in [0, 0.05) is 10.4 Å². The molecule has 1 aromatic heterocycles. The lowest BCUT2D eigenvalue weighted by Crippen LogP contribution is -2.29. The molecule has 0 unspecified atom stereocenters. The first kappa shape index (κ1) is 17.5. The number of anilines is 2. The number of pyridine rings is 1. The van der Waals surface area contributed by atoms with E-state index in [9.17, 15) is 9.59 Å². The number of aromatic nitrogens is 1. The molecule has 0 atom stereocenters. The normalized spacial score (nSPS) is 15.5. The van der Waals surface area contributed by atoms with Gasteiger partial charge in [0.1, 0.15) is 0 Å². The summed E-state index contributed by atoms with van der Waals surface area (Å²) in [6.45, 7) is 0. The topological polar surface area (TPSA) is 74.7 Å². The predicted molar refractivity (Wildman–Crippen MR) is 110 cm³/mol. The maximum absolute atomic E-state index is 12.3. The summed E-state index contributed by atoms with van der Waals surface area (Å²) in [4.78, 5) is 29.7. The Hall–Kier alpha value is -2.90. The van der Waals surface area contributed by atoms with Crippen LogP contribution in [0.4, 0.5) is 11.5 Å². The van der Waals surface area contributed by atoms with Gasteiger partial charge in [-0.05, 0) is 36.4 Å². The highest BCUT2D eigenvalue weighted by Crippen LogP contribution is 2.28. The number of benzene rings is 2. The Morgan fingerprint density at radius 2 is 1.96 bits per heavy atom. The van der Waals surface area contributed by atoms with Gasteiger partial charge in [-0.1, -0.05) is 41.6 Å². The van der Waals surface area contributed by atoms with Crippen LogP contribution in [0.2, 0.25) is 5.02 Å². The third-order valence-corrected chi connectivity index (χ3v) is 5.16. The summed E-state index contributed by atoms with van der Waals surface area (Å²) < 4.78 is 0. The number of hydrazone groups is 1. The van der Waals surface area contributed by atoms with Crippen molar-refractivity contribution in [3.05, 3.63) is 65.2 Å². The standard InChI is InChI=1S/C19H13ClN4O2S/c20-14-5-7-15(8-6-14)24-17(26)11-27-19(24)23-22-18-13(10-25)9-12-3-1-2-4-16(12)21-18/h1-10H,11H2,(H,21,22)/b23-19-. The molecular weight excluding hydrogens is 384 g/mol. The maximum atomic E-state index is 12.3. The lowest BCUT2D eigenvalue weighted by Gasteiger charge is -2.16. The third-order valence-electron chi connectivity index (χ3n) is 3.99. The average Bonchev–Trinajstić information content (AvgIpc) is 3.06. The molecule has 0 bridgehead atoms. The first-order valence-corrected chi connectivity index (χ1v) is 9.42. The van der Waals surface area contributed by atoms with Crippen molar-refractivity contribution < 1.29 is 9.59 Å². The van der Waals surface area contributed by atoms with Crippen LogP contribution in [0.3, 0.4) is 0 Å². The molecule has 4 rings (SSSR count). The number of fused-ring (bicyclic) bond motifs is 1. The van der Waals surface area contributed by atoms with Gasteiger partial charge >= 0.3 is 0 Å². The van der Waals surface area contributed by atoms with Gasteiger partial charge in [-0.15, -0.1) is 5.10 Å². The van der Waals surface area contributed by atoms with E-state index in [1.54, 1.807) is 30.3 Å². The van der Waals surface area contributed by atoms with Crippen molar-refractivity contribution >= 4 is 63.1 Å². The van der Waals surface area contributed by atoms with E-state index in [2.05, 4.69) is 15.5 Å². The van der Waals surface area contributed by atoms with Crippen LogP contribution in [-0.2, 0) is 4.79 Å². The van der Waals surface area contributed by atoms with Gasteiger partial charge in [-0.3, -0.25) is 19.9 Å². The zero-order valence-electron chi connectivity index (χ0n) is 13.9. The Labute approximate surface area is 164 Å². The summed E-state index contributed by atoms with van der Waals surface area (Å²) in [5, 5.41) is 6.26. The highest BCUT2D eigenvalue weighted by molar-refractivity contribution is 8.15. The zero-order chi connectivity index (χ0) is 18.8. The van der Waals surface area contributed by atoms with Gasteiger partial charge in [0.15, 0.2) is 17.3 Å². The quantitative estimate of drug-likeness (QED) is 0.529. The molecule has 2 aromatic carbocycles. The molecular formula is C19H13ClN4O2S. The molecule has 0 aliphatic carbocycles. The van der Waals surface area contributed by atoms with Crippen LogP contribution in [0, 0.1) is 0 Å². The minimum Gasteiger partial charge on any atom is -0.298 e. The molecule has 2 heterocycles. The number of para-hydroxylation sites is 1. The first-order valence-electron chi connectivity index (χ1n) is 8.06. The molecule has 1 aliphatic rings. The first-order chi connectivity index (χ1) is 13.2. The highest BCUT2D eigenvalue weighted by Gasteiger charge is 2.30. The molecule has 27 heavy (non-hydrogen) atoms. The summed E-state index contributed by atoms with van der Waals surface area (Å²) in [5.74, 6) is 0.548. The number of nitrogens with zero attached hydrogens (tertiary/aromatic N) is 3. The fraction of sp³-hybridized carbons (Fsp3) is 0.0526. The van der Waals surface area contributed by atoms with Crippen LogP contribution in [-0.4, -0.2) is 28.1 Å². The number of halogens is 1. The van der Waals surface area contributed by atoms with E-state index in [-0.39, 0.29) is 11.7 Å². The minimum absolute atomic E-state index is 0.0787. The fourth-order valence-electron chi connectivity index (χ4n) is 2.70. The predicted octanol–water partition coefficient (Wildman–Crippen LogP) is 4.16. The third kappa shape index (κ3) is 3.51.